The fourth-order valence-electron chi connectivity index (χ4n) is 3.00. The molecule has 0 aromatic rings. The highest BCUT2D eigenvalue weighted by molar-refractivity contribution is 4.84. The summed E-state index contributed by atoms with van der Waals surface area (Å²) in [6.45, 7) is 6.27. The fourth-order valence-corrected chi connectivity index (χ4v) is 3.00. The summed E-state index contributed by atoms with van der Waals surface area (Å²) >= 11 is 0. The van der Waals surface area contributed by atoms with E-state index in [1.165, 1.54) is 32.1 Å². The molecule has 1 rings (SSSR count). The first kappa shape index (κ1) is 13.9. The zero-order chi connectivity index (χ0) is 12.0. The molecule has 96 valence electrons. The predicted molar refractivity (Wildman–Crippen MR) is 68.3 cm³/mol. The van der Waals surface area contributed by atoms with Crippen molar-refractivity contribution in [3.8, 4) is 0 Å². The number of aliphatic hydroxyl groups excluding tert-OH is 1. The third-order valence-corrected chi connectivity index (χ3v) is 3.87. The fraction of sp³-hybridized carbons (Fsp3) is 1.00. The minimum atomic E-state index is 0.256. The molecule has 0 saturated heterocycles. The van der Waals surface area contributed by atoms with Crippen molar-refractivity contribution < 1.29 is 5.11 Å². The first-order valence-electron chi connectivity index (χ1n) is 6.77. The van der Waals surface area contributed by atoms with E-state index in [0.717, 1.165) is 13.1 Å². The van der Waals surface area contributed by atoms with Gasteiger partial charge in [0.1, 0.15) is 0 Å². The standard InChI is InChI=1S/C13H28N2O/c1-11(2)15(8-9-16)13-7-5-3-4-6-12(13)10-14/h11-13,16H,3-10,14H2,1-2H3. The van der Waals surface area contributed by atoms with Crippen molar-refractivity contribution in [3.05, 3.63) is 0 Å². The van der Waals surface area contributed by atoms with Crippen LogP contribution in [0.5, 0.6) is 0 Å². The quantitative estimate of drug-likeness (QED) is 0.703. The van der Waals surface area contributed by atoms with E-state index in [9.17, 15) is 5.11 Å². The number of hydrogen-bond donors (Lipinski definition) is 2. The van der Waals surface area contributed by atoms with Crippen LogP contribution in [0.15, 0.2) is 0 Å². The minimum Gasteiger partial charge on any atom is -0.395 e. The Hall–Kier alpha value is -0.120. The van der Waals surface area contributed by atoms with Gasteiger partial charge in [0, 0.05) is 18.6 Å². The van der Waals surface area contributed by atoms with Gasteiger partial charge in [0.05, 0.1) is 6.61 Å². The molecule has 0 spiro atoms. The highest BCUT2D eigenvalue weighted by atomic mass is 16.3. The van der Waals surface area contributed by atoms with Gasteiger partial charge in [0.25, 0.3) is 0 Å². The zero-order valence-corrected chi connectivity index (χ0v) is 10.9. The van der Waals surface area contributed by atoms with Gasteiger partial charge in [-0.25, -0.2) is 0 Å². The first-order chi connectivity index (χ1) is 7.70. The molecule has 3 nitrogen and oxygen atoms in total. The van der Waals surface area contributed by atoms with Crippen molar-refractivity contribution >= 4 is 0 Å². The molecule has 1 aliphatic rings. The van der Waals surface area contributed by atoms with Crippen LogP contribution in [0.1, 0.15) is 46.0 Å². The van der Waals surface area contributed by atoms with Gasteiger partial charge in [-0.15, -0.1) is 0 Å². The lowest BCUT2D eigenvalue weighted by atomic mass is 9.92. The maximum atomic E-state index is 9.17. The molecule has 2 atom stereocenters. The maximum Gasteiger partial charge on any atom is 0.0558 e. The van der Waals surface area contributed by atoms with Crippen molar-refractivity contribution in [3.63, 3.8) is 0 Å². The van der Waals surface area contributed by atoms with E-state index in [1.54, 1.807) is 0 Å². The monoisotopic (exact) mass is 228 g/mol. The van der Waals surface area contributed by atoms with Crippen molar-refractivity contribution in [2.75, 3.05) is 19.7 Å². The molecule has 1 saturated carbocycles. The summed E-state index contributed by atoms with van der Waals surface area (Å²) in [5, 5.41) is 9.17. The summed E-state index contributed by atoms with van der Waals surface area (Å²) in [5.74, 6) is 0.622. The van der Waals surface area contributed by atoms with Gasteiger partial charge in [-0.05, 0) is 39.2 Å². The van der Waals surface area contributed by atoms with Gasteiger partial charge in [0.2, 0.25) is 0 Å². The molecule has 0 heterocycles. The van der Waals surface area contributed by atoms with Gasteiger partial charge in [-0.1, -0.05) is 19.3 Å². The molecule has 0 bridgehead atoms. The van der Waals surface area contributed by atoms with Gasteiger partial charge in [-0.2, -0.15) is 0 Å². The molecular weight excluding hydrogens is 200 g/mol. The number of aliphatic hydroxyl groups is 1. The average molecular weight is 228 g/mol. The van der Waals surface area contributed by atoms with E-state index in [2.05, 4.69) is 18.7 Å². The second kappa shape index (κ2) is 7.25. The van der Waals surface area contributed by atoms with Crippen LogP contribution < -0.4 is 5.73 Å². The lowest BCUT2D eigenvalue weighted by Crippen LogP contribution is -2.47. The van der Waals surface area contributed by atoms with E-state index in [4.69, 9.17) is 5.73 Å². The van der Waals surface area contributed by atoms with Gasteiger partial charge < -0.3 is 10.8 Å². The molecule has 3 heteroatoms. The minimum absolute atomic E-state index is 0.256. The van der Waals surface area contributed by atoms with Crippen molar-refractivity contribution in [2.45, 2.75) is 58.0 Å². The molecule has 0 radical (unpaired) electrons. The van der Waals surface area contributed by atoms with Crippen LogP contribution >= 0.6 is 0 Å². The van der Waals surface area contributed by atoms with Gasteiger partial charge in [-0.3, -0.25) is 4.90 Å². The second-order valence-corrected chi connectivity index (χ2v) is 5.26. The Labute approximate surface area is 100 Å². The largest absolute Gasteiger partial charge is 0.395 e. The summed E-state index contributed by atoms with van der Waals surface area (Å²) in [6, 6.07) is 1.09. The first-order valence-corrected chi connectivity index (χ1v) is 6.77. The van der Waals surface area contributed by atoms with Crippen molar-refractivity contribution in [1.82, 2.24) is 4.90 Å². The Balaban J connectivity index is 2.68. The summed E-state index contributed by atoms with van der Waals surface area (Å²) in [6.07, 6.45) is 6.49. The lowest BCUT2D eigenvalue weighted by molar-refractivity contribution is 0.0797. The smallest absolute Gasteiger partial charge is 0.0558 e. The molecule has 1 aliphatic carbocycles. The summed E-state index contributed by atoms with van der Waals surface area (Å²) in [5.41, 5.74) is 5.91. The topological polar surface area (TPSA) is 49.5 Å². The predicted octanol–water partition coefficient (Wildman–Crippen LogP) is 1.60. The molecule has 1 fully saturated rings. The Morgan fingerprint density at radius 1 is 1.25 bits per heavy atom. The van der Waals surface area contributed by atoms with E-state index >= 15 is 0 Å². The molecule has 16 heavy (non-hydrogen) atoms. The zero-order valence-electron chi connectivity index (χ0n) is 10.9. The van der Waals surface area contributed by atoms with Crippen LogP contribution in [0, 0.1) is 5.92 Å². The summed E-state index contributed by atoms with van der Waals surface area (Å²) in [7, 11) is 0. The van der Waals surface area contributed by atoms with Crippen LogP contribution in [0.4, 0.5) is 0 Å². The lowest BCUT2D eigenvalue weighted by Gasteiger charge is -2.38. The van der Waals surface area contributed by atoms with Crippen LogP contribution in [0.3, 0.4) is 0 Å². The Morgan fingerprint density at radius 2 is 1.94 bits per heavy atom. The normalized spacial score (nSPS) is 27.4. The van der Waals surface area contributed by atoms with Crippen LogP contribution in [-0.4, -0.2) is 41.8 Å². The second-order valence-electron chi connectivity index (χ2n) is 5.26. The summed E-state index contributed by atoms with van der Waals surface area (Å²) in [4.78, 5) is 2.45. The van der Waals surface area contributed by atoms with E-state index in [-0.39, 0.29) is 6.61 Å². The molecule has 3 N–H and O–H groups in total. The number of rotatable bonds is 5. The van der Waals surface area contributed by atoms with Gasteiger partial charge >= 0.3 is 0 Å². The van der Waals surface area contributed by atoms with Crippen LogP contribution in [0.25, 0.3) is 0 Å². The van der Waals surface area contributed by atoms with E-state index in [1.807, 2.05) is 0 Å². The van der Waals surface area contributed by atoms with Crippen LogP contribution in [-0.2, 0) is 0 Å². The molecule has 0 aromatic carbocycles. The molecule has 0 amide bonds. The molecule has 0 aromatic heterocycles. The highest BCUT2D eigenvalue weighted by Crippen LogP contribution is 2.27. The molecular formula is C13H28N2O. The molecule has 2 unspecified atom stereocenters. The van der Waals surface area contributed by atoms with E-state index in [0.29, 0.717) is 18.0 Å². The Morgan fingerprint density at radius 3 is 2.50 bits per heavy atom. The van der Waals surface area contributed by atoms with Crippen LogP contribution in [0.2, 0.25) is 0 Å². The van der Waals surface area contributed by atoms with E-state index < -0.39 is 0 Å². The number of nitrogens with two attached hydrogens (primary N) is 1. The third kappa shape index (κ3) is 3.72. The average Bonchev–Trinajstić information content (AvgIpc) is 2.50. The maximum absolute atomic E-state index is 9.17. The van der Waals surface area contributed by atoms with Crippen molar-refractivity contribution in [1.29, 1.82) is 0 Å². The highest BCUT2D eigenvalue weighted by Gasteiger charge is 2.28. The Bertz CT molecular complexity index is 185. The summed E-state index contributed by atoms with van der Waals surface area (Å²) < 4.78 is 0. The number of nitrogens with zero attached hydrogens (tertiary/aromatic N) is 1. The Kier molecular flexibility index (Phi) is 6.32. The third-order valence-electron chi connectivity index (χ3n) is 3.87. The SMILES string of the molecule is CC(C)N(CCO)C1CCCCCC1CN. The number of hydrogen-bond acceptors (Lipinski definition) is 3. The molecule has 0 aliphatic heterocycles. The van der Waals surface area contributed by atoms with Crippen molar-refractivity contribution in [2.24, 2.45) is 11.7 Å². The van der Waals surface area contributed by atoms with Gasteiger partial charge in [0.15, 0.2) is 0 Å².